The van der Waals surface area contributed by atoms with Gasteiger partial charge in [0.05, 0.1) is 0 Å². The molecule has 2 N–H and O–H groups in total. The Morgan fingerprint density at radius 3 is 1.48 bits per heavy atom. The summed E-state index contributed by atoms with van der Waals surface area (Å²) >= 11 is 0. The van der Waals surface area contributed by atoms with Crippen LogP contribution >= 0.6 is 0 Å². The minimum atomic E-state index is -0.111. The number of nitrogens with one attached hydrogen (secondary N) is 2. The standard InChI is InChI=1S/C25H32N4O2/c1-20(22-12-6-3-7-13-22)18-26-28-24(30)16-10-5-11-17-25(31)29-27-19-21(2)23-14-8-4-9-15-23/h3-4,6-9,12-15,18-21H,5,10-11,16-17H2,1-2H3,(H,28,30)(H,29,31). The van der Waals surface area contributed by atoms with Gasteiger partial charge in [0.25, 0.3) is 0 Å². The highest BCUT2D eigenvalue weighted by atomic mass is 16.2. The van der Waals surface area contributed by atoms with E-state index in [2.05, 4.69) is 21.1 Å². The van der Waals surface area contributed by atoms with E-state index < -0.39 is 0 Å². The molecule has 0 bridgehead atoms. The van der Waals surface area contributed by atoms with E-state index >= 15 is 0 Å². The Kier molecular flexibility index (Phi) is 10.7. The summed E-state index contributed by atoms with van der Waals surface area (Å²) in [5, 5.41) is 8.08. The van der Waals surface area contributed by atoms with Gasteiger partial charge in [0.1, 0.15) is 0 Å². The van der Waals surface area contributed by atoms with Crippen molar-refractivity contribution < 1.29 is 9.59 Å². The van der Waals surface area contributed by atoms with E-state index in [1.807, 2.05) is 74.5 Å². The maximum atomic E-state index is 11.9. The third kappa shape index (κ3) is 9.85. The van der Waals surface area contributed by atoms with Crippen LogP contribution in [0.5, 0.6) is 0 Å². The number of carbonyl (C=O) groups is 2. The first kappa shape index (κ1) is 24.0. The number of hydrogen-bond donors (Lipinski definition) is 2. The topological polar surface area (TPSA) is 82.9 Å². The number of benzene rings is 2. The lowest BCUT2D eigenvalue weighted by molar-refractivity contribution is -0.121. The molecule has 164 valence electrons. The van der Waals surface area contributed by atoms with Gasteiger partial charge >= 0.3 is 0 Å². The molecule has 31 heavy (non-hydrogen) atoms. The lowest BCUT2D eigenvalue weighted by Crippen LogP contribution is -2.18. The highest BCUT2D eigenvalue weighted by Crippen LogP contribution is 2.12. The van der Waals surface area contributed by atoms with Crippen molar-refractivity contribution in [3.05, 3.63) is 71.8 Å². The fourth-order valence-corrected chi connectivity index (χ4v) is 2.99. The van der Waals surface area contributed by atoms with Gasteiger partial charge in [-0.05, 0) is 24.0 Å². The van der Waals surface area contributed by atoms with Crippen molar-refractivity contribution in [2.24, 2.45) is 10.2 Å². The molecule has 0 heterocycles. The van der Waals surface area contributed by atoms with Gasteiger partial charge in [-0.3, -0.25) is 9.59 Å². The lowest BCUT2D eigenvalue weighted by Gasteiger charge is -2.06. The predicted molar refractivity (Wildman–Crippen MR) is 126 cm³/mol. The van der Waals surface area contributed by atoms with Crippen LogP contribution in [0.4, 0.5) is 0 Å². The summed E-state index contributed by atoms with van der Waals surface area (Å²) in [5.74, 6) is 0.0534. The van der Waals surface area contributed by atoms with Gasteiger partial charge in [0, 0.05) is 37.1 Å². The highest BCUT2D eigenvalue weighted by molar-refractivity contribution is 5.78. The number of amides is 2. The second-order valence-electron chi connectivity index (χ2n) is 7.59. The smallest absolute Gasteiger partial charge is 0.240 e. The van der Waals surface area contributed by atoms with Gasteiger partial charge in [0.15, 0.2) is 0 Å². The van der Waals surface area contributed by atoms with Crippen LogP contribution in [-0.2, 0) is 9.59 Å². The van der Waals surface area contributed by atoms with Crippen LogP contribution in [0.1, 0.15) is 68.9 Å². The van der Waals surface area contributed by atoms with Crippen LogP contribution in [0.25, 0.3) is 0 Å². The molecule has 2 rings (SSSR count). The summed E-state index contributed by atoms with van der Waals surface area (Å²) in [6.45, 7) is 4.06. The summed E-state index contributed by atoms with van der Waals surface area (Å²) in [7, 11) is 0. The molecule has 2 amide bonds. The largest absolute Gasteiger partial charge is 0.273 e. The minimum absolute atomic E-state index is 0.111. The van der Waals surface area contributed by atoms with Crippen LogP contribution in [0.3, 0.4) is 0 Å². The summed E-state index contributed by atoms with van der Waals surface area (Å²) in [6.07, 6.45) is 6.49. The van der Waals surface area contributed by atoms with Gasteiger partial charge in [-0.2, -0.15) is 10.2 Å². The number of unbranched alkanes of at least 4 members (excludes halogenated alkanes) is 2. The Labute approximate surface area is 184 Å². The molecule has 2 aromatic carbocycles. The average Bonchev–Trinajstić information content (AvgIpc) is 2.80. The quantitative estimate of drug-likeness (QED) is 0.295. The molecule has 2 unspecified atom stereocenters. The van der Waals surface area contributed by atoms with E-state index in [1.165, 1.54) is 0 Å². The number of hydrazone groups is 2. The SMILES string of the molecule is CC(C=NNC(=O)CCCCCC(=O)NN=CC(C)c1ccccc1)c1ccccc1. The Balaban J connectivity index is 1.53. The van der Waals surface area contributed by atoms with E-state index in [9.17, 15) is 9.59 Å². The second-order valence-corrected chi connectivity index (χ2v) is 7.59. The minimum Gasteiger partial charge on any atom is -0.273 e. The molecule has 0 saturated heterocycles. The molecule has 2 atom stereocenters. The van der Waals surface area contributed by atoms with Crippen molar-refractivity contribution in [1.82, 2.24) is 10.9 Å². The molecule has 0 aliphatic carbocycles. The highest BCUT2D eigenvalue weighted by Gasteiger charge is 2.05. The Morgan fingerprint density at radius 1 is 0.710 bits per heavy atom. The van der Waals surface area contributed by atoms with Crippen LogP contribution in [0.15, 0.2) is 70.9 Å². The molecule has 2 aromatic rings. The fourth-order valence-electron chi connectivity index (χ4n) is 2.99. The zero-order valence-corrected chi connectivity index (χ0v) is 18.3. The zero-order chi connectivity index (χ0) is 22.3. The maximum absolute atomic E-state index is 11.9. The van der Waals surface area contributed by atoms with Crippen molar-refractivity contribution in [2.75, 3.05) is 0 Å². The third-order valence-electron chi connectivity index (χ3n) is 4.93. The first-order chi connectivity index (χ1) is 15.1. The summed E-state index contributed by atoms with van der Waals surface area (Å²) in [6, 6.07) is 20.0. The first-order valence-corrected chi connectivity index (χ1v) is 10.8. The zero-order valence-electron chi connectivity index (χ0n) is 18.3. The van der Waals surface area contributed by atoms with Crippen molar-refractivity contribution in [3.63, 3.8) is 0 Å². The molecule has 6 nitrogen and oxygen atoms in total. The molecule has 0 aromatic heterocycles. The van der Waals surface area contributed by atoms with Crippen LogP contribution in [-0.4, -0.2) is 24.2 Å². The van der Waals surface area contributed by atoms with Gasteiger partial charge in [-0.25, -0.2) is 10.9 Å². The second kappa shape index (κ2) is 13.9. The van der Waals surface area contributed by atoms with Crippen molar-refractivity contribution in [1.29, 1.82) is 0 Å². The van der Waals surface area contributed by atoms with Crippen molar-refractivity contribution in [2.45, 2.75) is 57.8 Å². The normalized spacial score (nSPS) is 13.2. The van der Waals surface area contributed by atoms with E-state index in [0.717, 1.165) is 30.4 Å². The van der Waals surface area contributed by atoms with E-state index in [1.54, 1.807) is 12.4 Å². The average molecular weight is 421 g/mol. The van der Waals surface area contributed by atoms with Gasteiger partial charge in [-0.15, -0.1) is 0 Å². The number of rotatable bonds is 12. The monoisotopic (exact) mass is 420 g/mol. The fraction of sp³-hybridized carbons (Fsp3) is 0.360. The molecular weight excluding hydrogens is 388 g/mol. The summed E-state index contributed by atoms with van der Waals surface area (Å²) < 4.78 is 0. The van der Waals surface area contributed by atoms with E-state index in [4.69, 9.17) is 0 Å². The molecule has 0 saturated carbocycles. The predicted octanol–water partition coefficient (Wildman–Crippen LogP) is 4.75. The summed E-state index contributed by atoms with van der Waals surface area (Å²) in [4.78, 5) is 23.7. The van der Waals surface area contributed by atoms with Gasteiger partial charge < -0.3 is 0 Å². The number of carbonyl (C=O) groups excluding carboxylic acids is 2. The van der Waals surface area contributed by atoms with Crippen LogP contribution in [0.2, 0.25) is 0 Å². The molecule has 0 fully saturated rings. The number of hydrogen-bond acceptors (Lipinski definition) is 4. The van der Waals surface area contributed by atoms with Gasteiger partial charge in [-0.1, -0.05) is 80.9 Å². The third-order valence-corrected chi connectivity index (χ3v) is 4.93. The molecule has 0 radical (unpaired) electrons. The Bertz CT molecular complexity index is 779. The summed E-state index contributed by atoms with van der Waals surface area (Å²) in [5.41, 5.74) is 7.44. The Morgan fingerprint density at radius 2 is 1.10 bits per heavy atom. The molecule has 0 spiro atoms. The maximum Gasteiger partial charge on any atom is 0.240 e. The first-order valence-electron chi connectivity index (χ1n) is 10.8. The van der Waals surface area contributed by atoms with Gasteiger partial charge in [0.2, 0.25) is 11.8 Å². The lowest BCUT2D eigenvalue weighted by atomic mass is 10.0. The van der Waals surface area contributed by atoms with Crippen molar-refractivity contribution in [3.8, 4) is 0 Å². The van der Waals surface area contributed by atoms with E-state index in [-0.39, 0.29) is 23.7 Å². The molecule has 6 heteroatoms. The van der Waals surface area contributed by atoms with E-state index in [0.29, 0.717) is 12.8 Å². The van der Waals surface area contributed by atoms with Crippen LogP contribution < -0.4 is 10.9 Å². The van der Waals surface area contributed by atoms with Crippen molar-refractivity contribution >= 4 is 24.2 Å². The molecule has 0 aliphatic heterocycles. The molecule has 0 aliphatic rings. The number of nitrogens with zero attached hydrogens (tertiary/aromatic N) is 2. The molecular formula is C25H32N4O2. The Hall–Kier alpha value is -3.28. The van der Waals surface area contributed by atoms with Crippen LogP contribution in [0, 0.1) is 0 Å².